The summed E-state index contributed by atoms with van der Waals surface area (Å²) in [6.45, 7) is 7.53. The summed E-state index contributed by atoms with van der Waals surface area (Å²) in [4.78, 5) is 22.6. The van der Waals surface area contributed by atoms with Gasteiger partial charge in [0.15, 0.2) is 12.2 Å². The number of carbonyl (C=O) groups excluding carboxylic acids is 2. The highest BCUT2D eigenvalue weighted by molar-refractivity contribution is 5.85. The van der Waals surface area contributed by atoms with Crippen LogP contribution in [-0.4, -0.2) is 47.6 Å². The van der Waals surface area contributed by atoms with Crippen molar-refractivity contribution in [3.63, 3.8) is 0 Å². The fourth-order valence-corrected chi connectivity index (χ4v) is 0.926. The molecule has 6 heteroatoms. The average molecular weight is 262 g/mol. The van der Waals surface area contributed by atoms with E-state index >= 15 is 0 Å². The number of esters is 2. The van der Waals surface area contributed by atoms with Gasteiger partial charge < -0.3 is 19.7 Å². The minimum absolute atomic E-state index is 0.103. The van der Waals surface area contributed by atoms with E-state index in [-0.39, 0.29) is 25.0 Å². The van der Waals surface area contributed by atoms with Crippen molar-refractivity contribution in [3.8, 4) is 0 Å². The molecule has 0 saturated heterocycles. The van der Waals surface area contributed by atoms with Gasteiger partial charge in [-0.1, -0.05) is 27.7 Å². The Morgan fingerprint density at radius 1 is 0.833 bits per heavy atom. The first-order chi connectivity index (χ1) is 8.25. The van der Waals surface area contributed by atoms with E-state index in [1.54, 1.807) is 0 Å². The second kappa shape index (κ2) is 8.05. The Kier molecular flexibility index (Phi) is 7.54. The van der Waals surface area contributed by atoms with E-state index in [1.165, 1.54) is 0 Å². The van der Waals surface area contributed by atoms with E-state index in [9.17, 15) is 19.8 Å². The Balaban J connectivity index is 4.18. The molecule has 2 N–H and O–H groups in total. The van der Waals surface area contributed by atoms with Crippen molar-refractivity contribution >= 4 is 11.9 Å². The summed E-state index contributed by atoms with van der Waals surface area (Å²) in [6, 6.07) is 0. The number of hydrogen-bond acceptors (Lipinski definition) is 6. The molecule has 0 rings (SSSR count). The van der Waals surface area contributed by atoms with Crippen LogP contribution in [0.2, 0.25) is 0 Å². The van der Waals surface area contributed by atoms with Crippen LogP contribution in [0.5, 0.6) is 0 Å². The molecule has 0 aliphatic carbocycles. The summed E-state index contributed by atoms with van der Waals surface area (Å²) in [5.74, 6) is -1.85. The molecule has 0 spiro atoms. The van der Waals surface area contributed by atoms with Crippen molar-refractivity contribution in [3.05, 3.63) is 0 Å². The highest BCUT2D eigenvalue weighted by Crippen LogP contribution is 2.03. The summed E-state index contributed by atoms with van der Waals surface area (Å²) in [5, 5.41) is 18.8. The maximum atomic E-state index is 11.3. The second-order valence-electron chi connectivity index (χ2n) is 4.94. The van der Waals surface area contributed by atoms with Gasteiger partial charge in [0, 0.05) is 0 Å². The lowest BCUT2D eigenvalue weighted by atomic mass is 10.2. The summed E-state index contributed by atoms with van der Waals surface area (Å²) in [7, 11) is 0. The molecular weight excluding hydrogens is 240 g/mol. The fraction of sp³-hybridized carbons (Fsp3) is 0.833. The quantitative estimate of drug-likeness (QED) is 0.632. The van der Waals surface area contributed by atoms with Crippen molar-refractivity contribution in [2.45, 2.75) is 39.9 Å². The lowest BCUT2D eigenvalue weighted by molar-refractivity contribution is -0.174. The number of rotatable bonds is 7. The standard InChI is InChI=1S/C12H22O6/c1-7(2)5-17-11(15)9(13)10(14)12(16)18-6-8(3)4/h7-10,13-14H,5-6H2,1-4H3/t9-,10-/m0/s1. The predicted octanol–water partition coefficient (Wildman–Crippen LogP) is 0.107. The van der Waals surface area contributed by atoms with Crippen LogP contribution in [0.3, 0.4) is 0 Å². The predicted molar refractivity (Wildman–Crippen MR) is 63.6 cm³/mol. The van der Waals surface area contributed by atoms with E-state index in [1.807, 2.05) is 27.7 Å². The Morgan fingerprint density at radius 2 is 1.11 bits per heavy atom. The molecule has 0 bridgehead atoms. The van der Waals surface area contributed by atoms with Crippen LogP contribution in [0.25, 0.3) is 0 Å². The largest absolute Gasteiger partial charge is 0.463 e. The van der Waals surface area contributed by atoms with Crippen molar-refractivity contribution in [2.24, 2.45) is 11.8 Å². The van der Waals surface area contributed by atoms with Crippen LogP contribution in [0.15, 0.2) is 0 Å². The maximum Gasteiger partial charge on any atom is 0.338 e. The lowest BCUT2D eigenvalue weighted by Crippen LogP contribution is -2.42. The molecule has 18 heavy (non-hydrogen) atoms. The maximum absolute atomic E-state index is 11.3. The van der Waals surface area contributed by atoms with Gasteiger partial charge in [0.2, 0.25) is 0 Å². The van der Waals surface area contributed by atoms with Gasteiger partial charge in [-0.15, -0.1) is 0 Å². The number of ether oxygens (including phenoxy) is 2. The van der Waals surface area contributed by atoms with Crippen molar-refractivity contribution < 1.29 is 29.3 Å². The number of hydrogen-bond donors (Lipinski definition) is 2. The summed E-state index contributed by atoms with van der Waals surface area (Å²) in [5.41, 5.74) is 0. The molecule has 0 heterocycles. The number of carbonyl (C=O) groups is 2. The van der Waals surface area contributed by atoms with Crippen molar-refractivity contribution in [2.75, 3.05) is 13.2 Å². The van der Waals surface area contributed by atoms with E-state index in [2.05, 4.69) is 0 Å². The third-order valence-electron chi connectivity index (χ3n) is 1.90. The lowest BCUT2D eigenvalue weighted by Gasteiger charge is -2.17. The van der Waals surface area contributed by atoms with Crippen molar-refractivity contribution in [1.29, 1.82) is 0 Å². The third-order valence-corrected chi connectivity index (χ3v) is 1.90. The minimum Gasteiger partial charge on any atom is -0.463 e. The van der Waals surface area contributed by atoms with Gasteiger partial charge in [0.25, 0.3) is 0 Å². The van der Waals surface area contributed by atoms with E-state index in [0.29, 0.717) is 0 Å². The molecule has 2 atom stereocenters. The van der Waals surface area contributed by atoms with Crippen LogP contribution in [0.4, 0.5) is 0 Å². The smallest absolute Gasteiger partial charge is 0.338 e. The first kappa shape index (κ1) is 16.9. The Labute approximate surface area is 107 Å². The molecule has 0 fully saturated rings. The highest BCUT2D eigenvalue weighted by atomic mass is 16.6. The monoisotopic (exact) mass is 262 g/mol. The molecule has 6 nitrogen and oxygen atoms in total. The Morgan fingerprint density at radius 3 is 1.33 bits per heavy atom. The zero-order valence-electron chi connectivity index (χ0n) is 11.3. The van der Waals surface area contributed by atoms with Gasteiger partial charge in [-0.05, 0) is 11.8 Å². The molecule has 0 unspecified atom stereocenters. The van der Waals surface area contributed by atoms with Gasteiger partial charge >= 0.3 is 11.9 Å². The average Bonchev–Trinajstić information content (AvgIpc) is 2.30. The van der Waals surface area contributed by atoms with E-state index in [4.69, 9.17) is 9.47 Å². The summed E-state index contributed by atoms with van der Waals surface area (Å²) < 4.78 is 9.41. The Hall–Kier alpha value is -1.14. The van der Waals surface area contributed by atoms with Crippen LogP contribution in [-0.2, 0) is 19.1 Å². The van der Waals surface area contributed by atoms with Gasteiger partial charge in [-0.3, -0.25) is 0 Å². The Bertz CT molecular complexity index is 246. The number of aliphatic hydroxyl groups is 2. The van der Waals surface area contributed by atoms with E-state index in [0.717, 1.165) is 0 Å². The molecule has 0 saturated carbocycles. The molecule has 0 aliphatic heterocycles. The zero-order valence-corrected chi connectivity index (χ0v) is 11.3. The molecule has 0 radical (unpaired) electrons. The van der Waals surface area contributed by atoms with Crippen LogP contribution in [0.1, 0.15) is 27.7 Å². The fourth-order valence-electron chi connectivity index (χ4n) is 0.926. The van der Waals surface area contributed by atoms with E-state index < -0.39 is 24.1 Å². The van der Waals surface area contributed by atoms with Crippen molar-refractivity contribution in [1.82, 2.24) is 0 Å². The van der Waals surface area contributed by atoms with Crippen LogP contribution < -0.4 is 0 Å². The molecule has 0 amide bonds. The van der Waals surface area contributed by atoms with Crippen LogP contribution in [0, 0.1) is 11.8 Å². The van der Waals surface area contributed by atoms with Gasteiger partial charge in [-0.25, -0.2) is 9.59 Å². The molecule has 0 aliphatic rings. The third kappa shape index (κ3) is 6.56. The summed E-state index contributed by atoms with van der Waals surface area (Å²) in [6.07, 6.45) is -3.83. The second-order valence-corrected chi connectivity index (χ2v) is 4.94. The molecule has 0 aromatic rings. The SMILES string of the molecule is CC(C)COC(=O)[C@@H](O)[C@H](O)C(=O)OCC(C)C. The normalized spacial score (nSPS) is 14.4. The summed E-state index contributed by atoms with van der Waals surface area (Å²) >= 11 is 0. The topological polar surface area (TPSA) is 93.1 Å². The molecule has 0 aromatic carbocycles. The van der Waals surface area contributed by atoms with Crippen LogP contribution >= 0.6 is 0 Å². The molecule has 106 valence electrons. The van der Waals surface area contributed by atoms with Gasteiger partial charge in [0.05, 0.1) is 13.2 Å². The zero-order chi connectivity index (χ0) is 14.3. The van der Waals surface area contributed by atoms with Gasteiger partial charge in [0.1, 0.15) is 0 Å². The first-order valence-electron chi connectivity index (χ1n) is 5.95. The molecular formula is C12H22O6. The first-order valence-corrected chi connectivity index (χ1v) is 5.95. The van der Waals surface area contributed by atoms with Gasteiger partial charge in [-0.2, -0.15) is 0 Å². The minimum atomic E-state index is -1.91. The highest BCUT2D eigenvalue weighted by Gasteiger charge is 2.33. The molecule has 0 aromatic heterocycles. The number of aliphatic hydroxyl groups excluding tert-OH is 2.